The van der Waals surface area contributed by atoms with Gasteiger partial charge in [0, 0.05) is 31.6 Å². The predicted octanol–water partition coefficient (Wildman–Crippen LogP) is 2.37. The molecule has 1 aromatic heterocycles. The van der Waals surface area contributed by atoms with Crippen LogP contribution in [0.2, 0.25) is 5.15 Å². The van der Waals surface area contributed by atoms with E-state index in [1.165, 1.54) is 0 Å². The highest BCUT2D eigenvalue weighted by Gasteiger charge is 2.39. The molecule has 1 aromatic rings. The van der Waals surface area contributed by atoms with E-state index in [4.69, 9.17) is 30.5 Å². The molecule has 0 aliphatic carbocycles. The molecule has 5 nitrogen and oxygen atoms in total. The fourth-order valence-electron chi connectivity index (χ4n) is 2.43. The number of rotatable bonds is 5. The zero-order valence-electron chi connectivity index (χ0n) is 11.4. The molecule has 2 fully saturated rings. The van der Waals surface area contributed by atoms with Crippen LogP contribution in [0.1, 0.15) is 18.5 Å². The summed E-state index contributed by atoms with van der Waals surface area (Å²) in [5, 5.41) is 0.384. The second-order valence-electron chi connectivity index (χ2n) is 5.13. The van der Waals surface area contributed by atoms with Crippen LogP contribution in [0.4, 0.5) is 0 Å². The van der Waals surface area contributed by atoms with Crippen molar-refractivity contribution >= 4 is 11.6 Å². The van der Waals surface area contributed by atoms with Crippen molar-refractivity contribution < 1.29 is 18.9 Å². The van der Waals surface area contributed by atoms with E-state index >= 15 is 0 Å². The van der Waals surface area contributed by atoms with Crippen LogP contribution in [-0.2, 0) is 20.0 Å². The van der Waals surface area contributed by atoms with E-state index in [-0.39, 0.29) is 0 Å². The van der Waals surface area contributed by atoms with Gasteiger partial charge in [-0.15, -0.1) is 0 Å². The van der Waals surface area contributed by atoms with Gasteiger partial charge in [-0.25, -0.2) is 4.98 Å². The van der Waals surface area contributed by atoms with E-state index < -0.39 is 5.79 Å². The van der Waals surface area contributed by atoms with Gasteiger partial charge in [0.2, 0.25) is 5.79 Å². The van der Waals surface area contributed by atoms with E-state index in [2.05, 4.69) is 4.98 Å². The van der Waals surface area contributed by atoms with Crippen molar-refractivity contribution in [2.45, 2.75) is 18.6 Å². The van der Waals surface area contributed by atoms with Crippen LogP contribution in [0.3, 0.4) is 0 Å². The Bertz CT molecular complexity index is 472. The molecule has 1 atom stereocenters. The van der Waals surface area contributed by atoms with Crippen molar-refractivity contribution in [3.63, 3.8) is 0 Å². The molecule has 0 spiro atoms. The summed E-state index contributed by atoms with van der Waals surface area (Å²) >= 11 is 6.08. The maximum absolute atomic E-state index is 6.08. The van der Waals surface area contributed by atoms with Crippen LogP contribution in [0.5, 0.6) is 5.75 Å². The van der Waals surface area contributed by atoms with Gasteiger partial charge < -0.3 is 18.9 Å². The lowest BCUT2D eigenvalue weighted by Crippen LogP contribution is -2.32. The molecule has 2 aliphatic heterocycles. The first-order valence-corrected chi connectivity index (χ1v) is 7.17. The van der Waals surface area contributed by atoms with Crippen LogP contribution in [-0.4, -0.2) is 38.5 Å². The van der Waals surface area contributed by atoms with Gasteiger partial charge in [-0.3, -0.25) is 0 Å². The average molecular weight is 300 g/mol. The maximum atomic E-state index is 6.08. The van der Waals surface area contributed by atoms with Gasteiger partial charge in [0.1, 0.15) is 16.6 Å². The molecule has 3 heterocycles. The van der Waals surface area contributed by atoms with Crippen LogP contribution < -0.4 is 4.74 Å². The summed E-state index contributed by atoms with van der Waals surface area (Å²) < 4.78 is 22.2. The third kappa shape index (κ3) is 2.76. The third-order valence-corrected chi connectivity index (χ3v) is 3.86. The Morgan fingerprint density at radius 2 is 2.30 bits per heavy atom. The number of halogens is 1. The molecular formula is C14H18ClNO4. The van der Waals surface area contributed by atoms with Crippen LogP contribution in [0.25, 0.3) is 0 Å². The highest BCUT2D eigenvalue weighted by atomic mass is 35.5. The van der Waals surface area contributed by atoms with E-state index in [9.17, 15) is 0 Å². The molecule has 110 valence electrons. The molecule has 0 bridgehead atoms. The van der Waals surface area contributed by atoms with Crippen molar-refractivity contribution in [1.29, 1.82) is 0 Å². The Morgan fingerprint density at radius 3 is 2.90 bits per heavy atom. The average Bonchev–Trinajstić information content (AvgIpc) is 2.86. The highest BCUT2D eigenvalue weighted by Crippen LogP contribution is 2.37. The van der Waals surface area contributed by atoms with Crippen molar-refractivity contribution in [1.82, 2.24) is 4.98 Å². The van der Waals surface area contributed by atoms with Gasteiger partial charge in [-0.1, -0.05) is 11.6 Å². The molecule has 2 aliphatic rings. The summed E-state index contributed by atoms with van der Waals surface area (Å²) in [5.41, 5.74) is 0.671. The quantitative estimate of drug-likeness (QED) is 0.781. The minimum absolute atomic E-state index is 0.384. The summed E-state index contributed by atoms with van der Waals surface area (Å²) in [5.74, 6) is 0.367. The topological polar surface area (TPSA) is 49.8 Å². The first-order valence-electron chi connectivity index (χ1n) is 6.79. The van der Waals surface area contributed by atoms with Crippen LogP contribution in [0.15, 0.2) is 12.1 Å². The molecule has 6 heteroatoms. The van der Waals surface area contributed by atoms with Gasteiger partial charge in [0.15, 0.2) is 0 Å². The third-order valence-electron chi connectivity index (χ3n) is 3.67. The fraction of sp³-hybridized carbons (Fsp3) is 0.643. The number of nitrogens with zero attached hydrogens (tertiary/aromatic N) is 1. The van der Waals surface area contributed by atoms with Crippen molar-refractivity contribution in [2.75, 3.05) is 33.5 Å². The first-order chi connectivity index (χ1) is 9.72. The molecule has 0 aromatic carbocycles. The second-order valence-corrected chi connectivity index (χ2v) is 5.52. The first kappa shape index (κ1) is 14.1. The zero-order chi connectivity index (χ0) is 14.0. The zero-order valence-corrected chi connectivity index (χ0v) is 12.2. The van der Waals surface area contributed by atoms with Gasteiger partial charge in [0.05, 0.1) is 26.4 Å². The standard InChI is InChI=1S/C14H18ClNO4/c1-17-14(3-2-4-20-14)12-5-11(6-13(15)16-12)19-9-10-7-18-8-10/h5-6,10H,2-4,7-9H2,1H3/t14-/m0/s1. The Morgan fingerprint density at radius 1 is 1.45 bits per heavy atom. The lowest BCUT2D eigenvalue weighted by Gasteiger charge is -2.27. The van der Waals surface area contributed by atoms with Gasteiger partial charge in [0.25, 0.3) is 0 Å². The Kier molecular flexibility index (Phi) is 4.12. The van der Waals surface area contributed by atoms with E-state index in [0.29, 0.717) is 35.7 Å². The van der Waals surface area contributed by atoms with Crippen molar-refractivity contribution in [2.24, 2.45) is 5.92 Å². The lowest BCUT2D eigenvalue weighted by atomic mass is 10.1. The number of ether oxygens (including phenoxy) is 4. The smallest absolute Gasteiger partial charge is 0.212 e. The Labute approximate surface area is 123 Å². The monoisotopic (exact) mass is 299 g/mol. The fourth-order valence-corrected chi connectivity index (χ4v) is 2.63. The molecule has 2 saturated heterocycles. The molecule has 0 unspecified atom stereocenters. The molecule has 3 rings (SSSR count). The lowest BCUT2D eigenvalue weighted by molar-refractivity contribution is -0.204. The Hall–Kier alpha value is -0.880. The van der Waals surface area contributed by atoms with Crippen molar-refractivity contribution in [3.05, 3.63) is 23.0 Å². The minimum Gasteiger partial charge on any atom is -0.493 e. The SMILES string of the molecule is CO[C@@]1(c2cc(OCC3COC3)cc(Cl)n2)CCCO1. The number of pyridine rings is 1. The molecule has 0 N–H and O–H groups in total. The summed E-state index contributed by atoms with van der Waals surface area (Å²) in [6.07, 6.45) is 1.71. The number of aromatic nitrogens is 1. The Balaban J connectivity index is 1.78. The molecular weight excluding hydrogens is 282 g/mol. The number of methoxy groups -OCH3 is 1. The molecule has 20 heavy (non-hydrogen) atoms. The van der Waals surface area contributed by atoms with E-state index in [1.807, 2.05) is 6.07 Å². The van der Waals surface area contributed by atoms with Crippen molar-refractivity contribution in [3.8, 4) is 5.75 Å². The predicted molar refractivity (Wildman–Crippen MR) is 72.9 cm³/mol. The second kappa shape index (κ2) is 5.85. The summed E-state index contributed by atoms with van der Waals surface area (Å²) in [4.78, 5) is 4.33. The molecule has 0 amide bonds. The minimum atomic E-state index is -0.789. The summed E-state index contributed by atoms with van der Waals surface area (Å²) in [6, 6.07) is 3.56. The molecule has 0 saturated carbocycles. The highest BCUT2D eigenvalue weighted by molar-refractivity contribution is 6.29. The number of hydrogen-bond acceptors (Lipinski definition) is 5. The summed E-state index contributed by atoms with van der Waals surface area (Å²) in [7, 11) is 1.63. The van der Waals surface area contributed by atoms with Gasteiger partial charge in [-0.05, 0) is 6.42 Å². The summed E-state index contributed by atoms with van der Waals surface area (Å²) in [6.45, 7) is 2.81. The van der Waals surface area contributed by atoms with Crippen LogP contribution >= 0.6 is 11.6 Å². The van der Waals surface area contributed by atoms with Gasteiger partial charge >= 0.3 is 0 Å². The molecule has 0 radical (unpaired) electrons. The maximum Gasteiger partial charge on any atom is 0.212 e. The largest absolute Gasteiger partial charge is 0.493 e. The van der Waals surface area contributed by atoms with Crippen LogP contribution in [0, 0.1) is 5.92 Å². The van der Waals surface area contributed by atoms with Gasteiger partial charge in [-0.2, -0.15) is 0 Å². The number of hydrogen-bond donors (Lipinski definition) is 0. The van der Waals surface area contributed by atoms with E-state index in [0.717, 1.165) is 26.1 Å². The normalized spacial score (nSPS) is 26.5. The van der Waals surface area contributed by atoms with E-state index in [1.54, 1.807) is 13.2 Å².